The molecule has 0 aromatic heterocycles. The van der Waals surface area contributed by atoms with Crippen molar-refractivity contribution in [3.63, 3.8) is 0 Å². The van der Waals surface area contributed by atoms with Crippen molar-refractivity contribution in [2.24, 2.45) is 28.6 Å². The summed E-state index contributed by atoms with van der Waals surface area (Å²) in [4.78, 5) is 65.5. The molecule has 3 aromatic rings. The molecule has 312 valence electrons. The van der Waals surface area contributed by atoms with Crippen LogP contribution in [0.15, 0.2) is 119 Å². The van der Waals surface area contributed by atoms with Crippen LogP contribution in [-0.4, -0.2) is 77.3 Å². The van der Waals surface area contributed by atoms with Crippen LogP contribution in [0.2, 0.25) is 0 Å². The Morgan fingerprint density at radius 1 is 0.950 bits per heavy atom. The van der Waals surface area contributed by atoms with E-state index in [2.05, 4.69) is 5.32 Å². The highest BCUT2D eigenvalue weighted by molar-refractivity contribution is 7.99. The number of ether oxygens (including phenoxy) is 2. The van der Waals surface area contributed by atoms with Gasteiger partial charge < -0.3 is 25.0 Å². The number of alkyl halides is 2. The van der Waals surface area contributed by atoms with Gasteiger partial charge in [0.05, 0.1) is 23.8 Å². The fourth-order valence-corrected chi connectivity index (χ4v) is 11.4. The van der Waals surface area contributed by atoms with Crippen molar-refractivity contribution in [3.8, 4) is 0 Å². The summed E-state index contributed by atoms with van der Waals surface area (Å²) in [5.41, 5.74) is -3.05. The van der Waals surface area contributed by atoms with Gasteiger partial charge in [-0.25, -0.2) is 13.7 Å². The van der Waals surface area contributed by atoms with Crippen molar-refractivity contribution in [1.29, 1.82) is 0 Å². The molecule has 3 saturated carbocycles. The lowest BCUT2D eigenvalue weighted by molar-refractivity contribution is -0.203. The maximum absolute atomic E-state index is 17.7. The molecule has 0 radical (unpaired) electrons. The normalized spacial score (nSPS) is 32.3. The monoisotopic (exact) mass is 838 g/mol. The summed E-state index contributed by atoms with van der Waals surface area (Å²) in [5.74, 6) is -4.79. The Hall–Kier alpha value is -5.12. The zero-order valence-corrected chi connectivity index (χ0v) is 33.9. The molecule has 3 fully saturated rings. The van der Waals surface area contributed by atoms with Crippen LogP contribution in [0.1, 0.15) is 55.3 Å². The molecular formula is C46H44F2N2O9S. The van der Waals surface area contributed by atoms with E-state index in [4.69, 9.17) is 9.47 Å². The number of carbonyl (C=O) groups excluding carboxylic acids is 5. The summed E-state index contributed by atoms with van der Waals surface area (Å²) in [7, 11) is 1.46. The number of nitrogens with zero attached hydrogens (tertiary/aromatic N) is 1. The first kappa shape index (κ1) is 41.6. The van der Waals surface area contributed by atoms with Gasteiger partial charge in [0, 0.05) is 57.2 Å². The summed E-state index contributed by atoms with van der Waals surface area (Å²) < 4.78 is 46.0. The Kier molecular flexibility index (Phi) is 10.9. The molecule has 60 heavy (non-hydrogen) atoms. The molecule has 0 bridgehead atoms. The first-order chi connectivity index (χ1) is 28.6. The van der Waals surface area contributed by atoms with E-state index in [1.165, 1.54) is 74.4 Å². The second-order valence-electron chi connectivity index (χ2n) is 16.6. The van der Waals surface area contributed by atoms with Gasteiger partial charge in [0.1, 0.15) is 12.8 Å². The number of hydrogen-bond acceptors (Lipinski definition) is 10. The van der Waals surface area contributed by atoms with E-state index < -0.39 is 88.9 Å². The molecule has 3 aromatic carbocycles. The first-order valence-electron chi connectivity index (χ1n) is 19.7. The van der Waals surface area contributed by atoms with Crippen molar-refractivity contribution in [2.75, 3.05) is 23.9 Å². The van der Waals surface area contributed by atoms with E-state index in [1.807, 2.05) is 36.4 Å². The number of Topliss-reactive ketones (excluding diaryl/α,β-unsaturated/α-hetero) is 1. The van der Waals surface area contributed by atoms with Gasteiger partial charge in [0.25, 0.3) is 17.7 Å². The Labute approximate surface area is 349 Å². The van der Waals surface area contributed by atoms with Crippen LogP contribution in [0.5, 0.6) is 0 Å². The standard InChI is InChI=1S/C46H44F2N2O9S/c1-44-23-38(54)46(48)33(21-35(47)34-20-29(52)17-18-45(34,46)2)32(44)22-37(41(44)36(53)24-51)59-43(58-3)26-9-13-30(14-10-26)60-31-6-4-5-27(19-31)49-42(57)25-7-11-28(12-8-25)50-39(55)15-16-40(50)56/h4-20,32-33,35,37-38,41,43,51,54H,21-24H2,1-3H3,(H,49,57)/t32?,33-,35-,37+,38-,41-,43-,44-,45-,46-/m0/s1. The highest BCUT2D eigenvalue weighted by Crippen LogP contribution is 2.69. The number of fused-ring (bicyclic) bond motifs is 5. The summed E-state index contributed by atoms with van der Waals surface area (Å²) in [6, 6.07) is 20.8. The minimum Gasteiger partial charge on any atom is -0.390 e. The zero-order valence-electron chi connectivity index (χ0n) is 33.0. The third kappa shape index (κ3) is 6.88. The molecule has 10 atom stereocenters. The molecule has 3 amide bonds. The minimum atomic E-state index is -2.32. The number of nitrogens with one attached hydrogen (secondary N) is 1. The third-order valence-corrected chi connectivity index (χ3v) is 14.3. The average molecular weight is 839 g/mol. The van der Waals surface area contributed by atoms with Gasteiger partial charge in [-0.1, -0.05) is 43.0 Å². The van der Waals surface area contributed by atoms with Gasteiger partial charge in [0.2, 0.25) is 0 Å². The van der Waals surface area contributed by atoms with Crippen LogP contribution in [0, 0.1) is 28.6 Å². The van der Waals surface area contributed by atoms with Gasteiger partial charge in [0.15, 0.2) is 23.5 Å². The van der Waals surface area contributed by atoms with Gasteiger partial charge in [-0.15, -0.1) is 0 Å². The lowest BCUT2D eigenvalue weighted by Crippen LogP contribution is -2.68. The molecule has 5 aliphatic rings. The third-order valence-electron chi connectivity index (χ3n) is 13.3. The number of aliphatic hydroxyl groups is 2. The summed E-state index contributed by atoms with van der Waals surface area (Å²) in [6.45, 7) is 2.52. The second kappa shape index (κ2) is 15.7. The number of anilines is 2. The number of rotatable bonds is 11. The number of amides is 3. The van der Waals surface area contributed by atoms with E-state index in [0.717, 1.165) is 20.8 Å². The quantitative estimate of drug-likeness (QED) is 0.141. The number of benzene rings is 3. The largest absolute Gasteiger partial charge is 0.390 e. The molecule has 0 saturated heterocycles. The number of imide groups is 1. The number of ketones is 2. The van der Waals surface area contributed by atoms with Crippen LogP contribution in [0.25, 0.3) is 0 Å². The predicted octanol–water partition coefficient (Wildman–Crippen LogP) is 6.66. The van der Waals surface area contributed by atoms with Crippen LogP contribution >= 0.6 is 11.8 Å². The van der Waals surface area contributed by atoms with Gasteiger partial charge >= 0.3 is 0 Å². The Balaban J connectivity index is 0.957. The van der Waals surface area contributed by atoms with Gasteiger partial charge in [-0.3, -0.25) is 24.0 Å². The van der Waals surface area contributed by atoms with E-state index in [9.17, 15) is 34.2 Å². The van der Waals surface area contributed by atoms with E-state index >= 15 is 8.78 Å². The zero-order chi connectivity index (χ0) is 42.7. The molecule has 1 heterocycles. The summed E-state index contributed by atoms with van der Waals surface area (Å²) in [6.07, 6.45) is 0.826. The van der Waals surface area contributed by atoms with Gasteiger partial charge in [-0.2, -0.15) is 0 Å². The highest BCUT2D eigenvalue weighted by atomic mass is 32.2. The van der Waals surface area contributed by atoms with E-state index in [1.54, 1.807) is 19.1 Å². The second-order valence-corrected chi connectivity index (χ2v) is 17.7. The number of halogens is 2. The number of aliphatic hydroxyl groups excluding tert-OH is 2. The summed E-state index contributed by atoms with van der Waals surface area (Å²) in [5, 5.41) is 24.7. The van der Waals surface area contributed by atoms with Crippen molar-refractivity contribution < 1.29 is 52.4 Å². The molecule has 1 aliphatic heterocycles. The fourth-order valence-electron chi connectivity index (χ4n) is 10.5. The maximum atomic E-state index is 17.7. The lowest BCUT2D eigenvalue weighted by atomic mass is 9.45. The summed E-state index contributed by atoms with van der Waals surface area (Å²) >= 11 is 1.44. The van der Waals surface area contributed by atoms with Crippen molar-refractivity contribution >= 4 is 52.4 Å². The highest BCUT2D eigenvalue weighted by Gasteiger charge is 2.73. The van der Waals surface area contributed by atoms with Crippen molar-refractivity contribution in [3.05, 3.63) is 120 Å². The van der Waals surface area contributed by atoms with Crippen molar-refractivity contribution in [1.82, 2.24) is 0 Å². The topological polar surface area (TPSA) is 160 Å². The number of hydrogen-bond donors (Lipinski definition) is 3. The van der Waals surface area contributed by atoms with Crippen LogP contribution < -0.4 is 10.2 Å². The fraction of sp³-hybridized carbons (Fsp3) is 0.370. The SMILES string of the molecule is CO[C@@H](O[C@@H]1CC2[C@@H]3C[C@H](F)C4=CC(=O)C=C[C@]4(C)[C@@]3(F)[C@@H](O)C[C@]2(C)[C@H]1C(=O)CO)c1ccc(Sc2cccc(NC(=O)c3ccc(N4C(=O)C=CC4=O)cc3)c2)cc1. The van der Waals surface area contributed by atoms with Gasteiger partial charge in [-0.05, 0) is 110 Å². The molecule has 14 heteroatoms. The molecule has 4 aliphatic carbocycles. The number of carbonyl (C=O) groups is 5. The Bertz CT molecular complexity index is 2330. The predicted molar refractivity (Wildman–Crippen MR) is 217 cm³/mol. The number of allylic oxidation sites excluding steroid dienone is 4. The maximum Gasteiger partial charge on any atom is 0.258 e. The van der Waals surface area contributed by atoms with Crippen molar-refractivity contribution in [2.45, 2.75) is 73.2 Å². The molecule has 0 spiro atoms. The Morgan fingerprint density at radius 2 is 1.65 bits per heavy atom. The lowest BCUT2D eigenvalue weighted by Gasteiger charge is -2.62. The molecule has 1 unspecified atom stereocenters. The average Bonchev–Trinajstić information content (AvgIpc) is 3.72. The number of methoxy groups -OCH3 is 1. The van der Waals surface area contributed by atoms with Crippen LogP contribution in [-0.2, 0) is 28.7 Å². The first-order valence-corrected chi connectivity index (χ1v) is 20.6. The van der Waals surface area contributed by atoms with E-state index in [-0.39, 0.29) is 30.7 Å². The minimum absolute atomic E-state index is 0.0146. The molecular weight excluding hydrogens is 795 g/mol. The van der Waals surface area contributed by atoms with E-state index in [0.29, 0.717) is 22.5 Å². The van der Waals surface area contributed by atoms with Crippen LogP contribution in [0.4, 0.5) is 20.2 Å². The smallest absolute Gasteiger partial charge is 0.258 e. The molecule has 11 nitrogen and oxygen atoms in total. The van der Waals surface area contributed by atoms with Crippen LogP contribution in [0.3, 0.4) is 0 Å². The molecule has 3 N–H and O–H groups in total. The molecule has 8 rings (SSSR count). The Morgan fingerprint density at radius 3 is 2.32 bits per heavy atom.